The molecule has 0 fully saturated rings. The molecule has 3 aliphatic rings. The largest absolute Gasteiger partial charge is 0.310 e. The normalized spacial score (nSPS) is 13.5. The van der Waals surface area contributed by atoms with E-state index in [1.54, 1.807) is 0 Å². The smallest absolute Gasteiger partial charge is 0.252 e. The number of hydrogen-bond acceptors (Lipinski definition) is 2. The SMILES string of the molecule is CC(C)(C)c1cc(-c2ccccc2)c(N2c3ccccc3B3c4ccc(-n5c6ccc(C(C)(C)C)cc6c6cc(C(C)(C)C)ccc65)cc4N(c4c(-c5ccccc5)cccc4-c4ccccc4)c4cc(-c5cccc6c5C(c5ccccc5)(c5ccccc5)c5ccccc5-6)cc2c43)c(-c2ccccc2)c1. The van der Waals surface area contributed by atoms with Gasteiger partial charge in [0.1, 0.15) is 0 Å². The number of anilines is 6. The zero-order valence-electron chi connectivity index (χ0n) is 62.3. The topological polar surface area (TPSA) is 11.4 Å². The summed E-state index contributed by atoms with van der Waals surface area (Å²) in [6.45, 7) is 20.8. The lowest BCUT2D eigenvalue weighted by molar-refractivity contribution is 0.590. The second kappa shape index (κ2) is 25.0. The minimum atomic E-state index is -0.720. The molecule has 0 bridgehead atoms. The second-order valence-electron chi connectivity index (χ2n) is 32.7. The first-order chi connectivity index (χ1) is 52.0. The minimum Gasteiger partial charge on any atom is -0.310 e. The lowest BCUT2D eigenvalue weighted by atomic mass is 9.33. The third-order valence-corrected chi connectivity index (χ3v) is 23.3. The van der Waals surface area contributed by atoms with Gasteiger partial charge in [-0.25, -0.2) is 0 Å². The van der Waals surface area contributed by atoms with Gasteiger partial charge in [0.25, 0.3) is 6.71 Å². The van der Waals surface area contributed by atoms with Crippen LogP contribution >= 0.6 is 0 Å². The first-order valence-corrected chi connectivity index (χ1v) is 38.0. The van der Waals surface area contributed by atoms with Crippen molar-refractivity contribution in [1.82, 2.24) is 4.57 Å². The molecule has 0 atom stereocenters. The molecule has 4 heteroatoms. The molecular formula is C103H84BN3. The number of rotatable bonds is 10. The van der Waals surface area contributed by atoms with E-state index in [1.807, 2.05) is 0 Å². The predicted molar refractivity (Wildman–Crippen MR) is 455 cm³/mol. The molecule has 0 saturated heterocycles. The molecular weight excluding hydrogens is 1290 g/mol. The van der Waals surface area contributed by atoms with Gasteiger partial charge in [-0.05, 0) is 183 Å². The van der Waals surface area contributed by atoms with E-state index in [0.717, 1.165) is 78.8 Å². The number of fused-ring (bicyclic) bond motifs is 10. The fourth-order valence-corrected chi connectivity index (χ4v) is 18.2. The van der Waals surface area contributed by atoms with Gasteiger partial charge in [-0.1, -0.05) is 341 Å². The fraction of sp³-hybridized carbons (Fsp3) is 0.126. The summed E-state index contributed by atoms with van der Waals surface area (Å²) in [6, 6.07) is 132. The van der Waals surface area contributed by atoms with Crippen molar-refractivity contribution in [3.8, 4) is 72.4 Å². The van der Waals surface area contributed by atoms with Crippen molar-refractivity contribution in [2.45, 2.75) is 84.0 Å². The summed E-state index contributed by atoms with van der Waals surface area (Å²) in [5.74, 6) is 0. The van der Waals surface area contributed by atoms with Crippen LogP contribution in [0.15, 0.2) is 346 Å². The van der Waals surface area contributed by atoms with E-state index in [1.165, 1.54) is 105 Å². The monoisotopic (exact) mass is 1370 g/mol. The molecule has 107 heavy (non-hydrogen) atoms. The van der Waals surface area contributed by atoms with Crippen molar-refractivity contribution in [3.63, 3.8) is 0 Å². The van der Waals surface area contributed by atoms with Gasteiger partial charge in [0, 0.05) is 61.5 Å². The highest BCUT2D eigenvalue weighted by molar-refractivity contribution is 7.00. The first-order valence-electron chi connectivity index (χ1n) is 38.0. The molecule has 3 heterocycles. The molecule has 0 amide bonds. The molecule has 0 unspecified atom stereocenters. The van der Waals surface area contributed by atoms with Crippen molar-refractivity contribution >= 4 is 79.0 Å². The Bertz CT molecular complexity index is 5940. The maximum Gasteiger partial charge on any atom is 0.252 e. The standard InChI is InChI=1S/C103H84BN3/c1-100(2,3)74-54-58-90-85(62-74)86-63-75(101(4,5)6)55-59-91(86)105(90)77-56-57-89-93(66-77)107(98-79(67-34-16-10-17-35-67)48-33-49-80(98)68-36-18-11-19-37-68)95-61-71(78-47-32-50-82-81-46-28-29-51-87(81)103(96(78)82,72-42-24-14-25-43-72)73-44-26-15-27-45-73)60-94-97(95)104(89)88-52-30-31-53-92(88)106(94)99-83(69-38-20-12-21-39-69)64-76(102(7,8)9)65-84(99)70-40-22-13-23-41-70/h10-66H,1-9H3. The van der Waals surface area contributed by atoms with E-state index in [4.69, 9.17) is 0 Å². The van der Waals surface area contributed by atoms with E-state index in [-0.39, 0.29) is 23.0 Å². The Morgan fingerprint density at radius 1 is 0.271 bits per heavy atom. The van der Waals surface area contributed by atoms with Gasteiger partial charge in [-0.15, -0.1) is 0 Å². The Balaban J connectivity index is 1.01. The number of para-hydroxylation sites is 2. The molecule has 19 rings (SSSR count). The summed E-state index contributed by atoms with van der Waals surface area (Å²) in [5, 5.41) is 2.52. The van der Waals surface area contributed by atoms with Crippen molar-refractivity contribution in [2.24, 2.45) is 0 Å². The Kier molecular flexibility index (Phi) is 15.3. The summed E-state index contributed by atoms with van der Waals surface area (Å²) in [5.41, 5.74) is 35.7. The number of nitrogens with zero attached hydrogens (tertiary/aromatic N) is 3. The molecule has 1 aromatic heterocycles. The summed E-state index contributed by atoms with van der Waals surface area (Å²) in [4.78, 5) is 5.44. The van der Waals surface area contributed by atoms with Crippen LogP contribution in [0.4, 0.5) is 34.1 Å². The molecule has 0 N–H and O–H groups in total. The molecule has 514 valence electrons. The van der Waals surface area contributed by atoms with Crippen LogP contribution in [-0.4, -0.2) is 11.3 Å². The molecule has 2 aliphatic heterocycles. The maximum absolute atomic E-state index is 2.73. The van der Waals surface area contributed by atoms with Gasteiger partial charge in [0.15, 0.2) is 0 Å². The maximum atomic E-state index is 2.73. The number of aromatic nitrogens is 1. The van der Waals surface area contributed by atoms with E-state index in [0.29, 0.717) is 0 Å². The lowest BCUT2D eigenvalue weighted by Crippen LogP contribution is -2.61. The Labute approximate surface area is 630 Å². The third kappa shape index (κ3) is 10.5. The van der Waals surface area contributed by atoms with Crippen LogP contribution < -0.4 is 26.2 Å². The van der Waals surface area contributed by atoms with E-state index >= 15 is 0 Å². The Morgan fingerprint density at radius 2 is 0.673 bits per heavy atom. The molecule has 16 aromatic rings. The first kappa shape index (κ1) is 65.5. The molecule has 0 radical (unpaired) electrons. The predicted octanol–water partition coefficient (Wildman–Crippen LogP) is 25.5. The van der Waals surface area contributed by atoms with Crippen molar-refractivity contribution in [1.29, 1.82) is 0 Å². The highest BCUT2D eigenvalue weighted by atomic mass is 15.2. The molecule has 1 aliphatic carbocycles. The molecule has 0 saturated carbocycles. The zero-order valence-corrected chi connectivity index (χ0v) is 62.3. The van der Waals surface area contributed by atoms with Gasteiger partial charge in [0.2, 0.25) is 0 Å². The minimum absolute atomic E-state index is 0.0629. The average molecular weight is 1370 g/mol. The van der Waals surface area contributed by atoms with Crippen LogP contribution in [0, 0.1) is 0 Å². The van der Waals surface area contributed by atoms with Crippen LogP contribution in [0.25, 0.3) is 94.3 Å². The van der Waals surface area contributed by atoms with Crippen LogP contribution in [-0.2, 0) is 21.7 Å². The molecule has 0 spiro atoms. The molecule has 3 nitrogen and oxygen atoms in total. The zero-order chi connectivity index (χ0) is 72.7. The van der Waals surface area contributed by atoms with E-state index < -0.39 is 5.41 Å². The van der Waals surface area contributed by atoms with Gasteiger partial charge >= 0.3 is 0 Å². The number of benzene rings is 15. The summed E-state index contributed by atoms with van der Waals surface area (Å²) in [6.07, 6.45) is 0. The van der Waals surface area contributed by atoms with Crippen LogP contribution in [0.2, 0.25) is 0 Å². The third-order valence-electron chi connectivity index (χ3n) is 23.3. The summed E-state index contributed by atoms with van der Waals surface area (Å²) in [7, 11) is 0. The summed E-state index contributed by atoms with van der Waals surface area (Å²) >= 11 is 0. The van der Waals surface area contributed by atoms with Crippen molar-refractivity contribution < 1.29 is 0 Å². The van der Waals surface area contributed by atoms with Crippen LogP contribution in [0.5, 0.6) is 0 Å². The highest BCUT2D eigenvalue weighted by Crippen LogP contribution is 2.61. The summed E-state index contributed by atoms with van der Waals surface area (Å²) < 4.78 is 2.56. The lowest BCUT2D eigenvalue weighted by Gasteiger charge is -2.46. The van der Waals surface area contributed by atoms with Gasteiger partial charge in [0.05, 0.1) is 27.8 Å². The van der Waals surface area contributed by atoms with E-state index in [2.05, 4.69) is 422 Å². The van der Waals surface area contributed by atoms with Crippen LogP contribution in [0.1, 0.15) is 101 Å². The van der Waals surface area contributed by atoms with Crippen LogP contribution in [0.3, 0.4) is 0 Å². The van der Waals surface area contributed by atoms with Gasteiger partial charge in [-0.3, -0.25) is 0 Å². The quantitative estimate of drug-likeness (QED) is 0.126. The van der Waals surface area contributed by atoms with Crippen molar-refractivity contribution in [3.05, 3.63) is 385 Å². The van der Waals surface area contributed by atoms with E-state index in [9.17, 15) is 0 Å². The van der Waals surface area contributed by atoms with Crippen molar-refractivity contribution in [2.75, 3.05) is 9.80 Å². The Hall–Kier alpha value is -12.2. The fourth-order valence-electron chi connectivity index (χ4n) is 18.2. The second-order valence-corrected chi connectivity index (χ2v) is 32.7. The van der Waals surface area contributed by atoms with Gasteiger partial charge in [-0.2, -0.15) is 0 Å². The van der Waals surface area contributed by atoms with Gasteiger partial charge < -0.3 is 14.4 Å². The molecule has 15 aromatic carbocycles. The highest BCUT2D eigenvalue weighted by Gasteiger charge is 2.50. The number of hydrogen-bond donors (Lipinski definition) is 0. The average Bonchev–Trinajstić information content (AvgIpc) is 1.64. The Morgan fingerprint density at radius 3 is 1.18 bits per heavy atom.